The lowest BCUT2D eigenvalue weighted by molar-refractivity contribution is -0.146. The van der Waals surface area contributed by atoms with Crippen molar-refractivity contribution in [2.45, 2.75) is 44.2 Å². The molecule has 1 saturated heterocycles. The van der Waals surface area contributed by atoms with Gasteiger partial charge in [0.25, 0.3) is 10.0 Å². The maximum Gasteiger partial charge on any atom is 0.302 e. The van der Waals surface area contributed by atoms with E-state index in [0.29, 0.717) is 23.3 Å². The normalized spacial score (nSPS) is 18.6. The number of hydrogen-bond donors (Lipinski definition) is 0. The number of ether oxygens (including phenoxy) is 1. The molecule has 1 aromatic carbocycles. The van der Waals surface area contributed by atoms with Crippen molar-refractivity contribution in [2.24, 2.45) is 0 Å². The minimum Gasteiger partial charge on any atom is -0.461 e. The Balaban J connectivity index is 1.64. The van der Waals surface area contributed by atoms with Gasteiger partial charge in [0, 0.05) is 26.5 Å². The highest BCUT2D eigenvalue weighted by molar-refractivity contribution is 7.90. The number of aromatic nitrogens is 4. The summed E-state index contributed by atoms with van der Waals surface area (Å²) >= 11 is 0. The summed E-state index contributed by atoms with van der Waals surface area (Å²) in [5, 5.41) is 0. The molecule has 11 heteroatoms. The van der Waals surface area contributed by atoms with Crippen molar-refractivity contribution in [2.75, 3.05) is 6.54 Å². The van der Waals surface area contributed by atoms with Crippen LogP contribution in [0.25, 0.3) is 16.7 Å². The fourth-order valence-corrected chi connectivity index (χ4v) is 5.81. The van der Waals surface area contributed by atoms with E-state index >= 15 is 0 Å². The van der Waals surface area contributed by atoms with Gasteiger partial charge in [0.1, 0.15) is 11.9 Å². The predicted molar refractivity (Wildman–Crippen MR) is 123 cm³/mol. The van der Waals surface area contributed by atoms with Crippen LogP contribution in [0.5, 0.6) is 0 Å². The monoisotopic (exact) mass is 481 g/mol. The summed E-state index contributed by atoms with van der Waals surface area (Å²) in [5.74, 6) is -0.0222. The zero-order valence-corrected chi connectivity index (χ0v) is 19.7. The summed E-state index contributed by atoms with van der Waals surface area (Å²) in [7, 11) is -3.87. The van der Waals surface area contributed by atoms with Gasteiger partial charge in [0.2, 0.25) is 5.91 Å². The molecule has 0 spiro atoms. The van der Waals surface area contributed by atoms with Crippen LogP contribution in [0.3, 0.4) is 0 Å². The molecule has 4 aromatic rings. The quantitative estimate of drug-likeness (QED) is 0.411. The van der Waals surface area contributed by atoms with Gasteiger partial charge in [-0.05, 0) is 25.1 Å². The Morgan fingerprint density at radius 2 is 1.76 bits per heavy atom. The third kappa shape index (κ3) is 3.52. The highest BCUT2D eigenvalue weighted by atomic mass is 32.2. The Hall–Kier alpha value is -3.73. The largest absolute Gasteiger partial charge is 0.461 e. The molecule has 1 amide bonds. The molecule has 1 aliphatic rings. The number of benzene rings is 1. The summed E-state index contributed by atoms with van der Waals surface area (Å²) in [6, 6.07) is 7.85. The number of likely N-dealkylation sites (tertiary alicyclic amines) is 1. The van der Waals surface area contributed by atoms with E-state index in [2.05, 4.69) is 9.97 Å². The second-order valence-corrected chi connectivity index (χ2v) is 10.2. The van der Waals surface area contributed by atoms with Gasteiger partial charge < -0.3 is 9.64 Å². The maximum absolute atomic E-state index is 13.3. The highest BCUT2D eigenvalue weighted by Crippen LogP contribution is 2.35. The molecule has 0 bridgehead atoms. The topological polar surface area (TPSA) is 116 Å². The summed E-state index contributed by atoms with van der Waals surface area (Å²) in [4.78, 5) is 34.5. The number of rotatable bonds is 4. The number of imidazole rings is 1. The molecule has 176 valence electrons. The smallest absolute Gasteiger partial charge is 0.302 e. The average molecular weight is 482 g/mol. The van der Waals surface area contributed by atoms with Gasteiger partial charge in [-0.15, -0.1) is 0 Å². The number of hydrogen-bond acceptors (Lipinski definition) is 7. The predicted octanol–water partition coefficient (Wildman–Crippen LogP) is 2.45. The van der Waals surface area contributed by atoms with E-state index in [4.69, 9.17) is 4.74 Å². The molecule has 5 rings (SSSR count). The lowest BCUT2D eigenvalue weighted by atomic mass is 10.2. The Kier molecular flexibility index (Phi) is 5.16. The standard InChI is InChI=1S/C23H23N5O5S/c1-14-4-6-19(7-5-14)34(31,32)27-9-8-20-22(27)24-11-17-12-25-23(28(17)20)21-10-18(33-16(3)30)13-26(21)15(2)29/h4-9,11-12,18,21H,10,13H2,1-3H3/t18-,21-/m1/s1. The fourth-order valence-electron chi connectivity index (χ4n) is 4.52. The van der Waals surface area contributed by atoms with Gasteiger partial charge in [-0.25, -0.2) is 22.4 Å². The molecular weight excluding hydrogens is 458 g/mol. The van der Waals surface area contributed by atoms with Crippen molar-refractivity contribution >= 4 is 38.6 Å². The van der Waals surface area contributed by atoms with Crippen LogP contribution in [0, 0.1) is 6.92 Å². The molecule has 0 saturated carbocycles. The van der Waals surface area contributed by atoms with Gasteiger partial charge in [-0.3, -0.25) is 14.0 Å². The molecule has 0 aliphatic carbocycles. The zero-order chi connectivity index (χ0) is 24.2. The molecule has 10 nitrogen and oxygen atoms in total. The number of fused-ring (bicyclic) bond motifs is 3. The molecule has 0 N–H and O–H groups in total. The van der Waals surface area contributed by atoms with Crippen molar-refractivity contribution in [3.63, 3.8) is 0 Å². The molecule has 4 heterocycles. The van der Waals surface area contributed by atoms with Gasteiger partial charge in [0.15, 0.2) is 5.65 Å². The Morgan fingerprint density at radius 3 is 2.44 bits per heavy atom. The average Bonchev–Trinajstić information content (AvgIpc) is 3.49. The molecule has 2 atom stereocenters. The second kappa shape index (κ2) is 7.94. The van der Waals surface area contributed by atoms with E-state index in [1.165, 1.54) is 20.0 Å². The van der Waals surface area contributed by atoms with Gasteiger partial charge in [-0.2, -0.15) is 0 Å². The van der Waals surface area contributed by atoms with E-state index in [1.54, 1.807) is 52.0 Å². The van der Waals surface area contributed by atoms with Crippen LogP contribution in [0.15, 0.2) is 53.8 Å². The maximum atomic E-state index is 13.3. The number of nitrogens with zero attached hydrogens (tertiary/aromatic N) is 5. The van der Waals surface area contributed by atoms with Crippen LogP contribution in [-0.2, 0) is 24.3 Å². The van der Waals surface area contributed by atoms with Crippen molar-refractivity contribution in [1.82, 2.24) is 23.2 Å². The van der Waals surface area contributed by atoms with Crippen LogP contribution in [0.1, 0.15) is 37.7 Å². The van der Waals surface area contributed by atoms with E-state index < -0.39 is 28.1 Å². The molecule has 1 fully saturated rings. The minimum atomic E-state index is -3.87. The van der Waals surface area contributed by atoms with E-state index in [0.717, 1.165) is 9.54 Å². The summed E-state index contributed by atoms with van der Waals surface area (Å²) in [5.41, 5.74) is 2.40. The Labute approximate surface area is 195 Å². The van der Waals surface area contributed by atoms with Gasteiger partial charge >= 0.3 is 5.97 Å². The first-order chi connectivity index (χ1) is 16.2. The van der Waals surface area contributed by atoms with Gasteiger partial charge in [0.05, 0.1) is 40.9 Å². The SMILES string of the molecule is CC(=O)O[C@@H]1C[C@H](c2ncc3cnc4c(ccn4S(=O)(=O)c4ccc(C)cc4)n23)N(C(C)=O)C1. The first-order valence-electron chi connectivity index (χ1n) is 10.8. The second-order valence-electron chi connectivity index (χ2n) is 8.43. The first kappa shape index (κ1) is 22.1. The number of carbonyl (C=O) groups excluding carboxylic acids is 2. The highest BCUT2D eigenvalue weighted by Gasteiger charge is 2.39. The summed E-state index contributed by atoms with van der Waals surface area (Å²) in [6.07, 6.45) is 4.60. The van der Waals surface area contributed by atoms with E-state index in [-0.39, 0.29) is 23.0 Å². The first-order valence-corrected chi connectivity index (χ1v) is 12.2. The Morgan fingerprint density at radius 1 is 1.06 bits per heavy atom. The molecular formula is C23H23N5O5S. The van der Waals surface area contributed by atoms with Crippen molar-refractivity contribution < 1.29 is 22.7 Å². The molecule has 0 unspecified atom stereocenters. The number of carbonyl (C=O) groups is 2. The molecule has 0 radical (unpaired) electrons. The lowest BCUT2D eigenvalue weighted by Crippen LogP contribution is -2.31. The summed E-state index contributed by atoms with van der Waals surface area (Å²) in [6.45, 7) is 4.95. The fraction of sp³-hybridized carbons (Fsp3) is 0.304. The van der Waals surface area contributed by atoms with Crippen LogP contribution < -0.4 is 0 Å². The number of amides is 1. The summed E-state index contributed by atoms with van der Waals surface area (Å²) < 4.78 is 35.0. The molecule has 3 aromatic heterocycles. The minimum absolute atomic E-state index is 0.158. The third-order valence-corrected chi connectivity index (χ3v) is 7.74. The van der Waals surface area contributed by atoms with Crippen molar-refractivity contribution in [3.8, 4) is 0 Å². The van der Waals surface area contributed by atoms with Crippen LogP contribution >= 0.6 is 0 Å². The number of aryl methyl sites for hydroxylation is 1. The third-order valence-electron chi connectivity index (χ3n) is 6.06. The lowest BCUT2D eigenvalue weighted by Gasteiger charge is -2.22. The molecule has 1 aliphatic heterocycles. The molecule has 34 heavy (non-hydrogen) atoms. The Bertz CT molecular complexity index is 1540. The zero-order valence-electron chi connectivity index (χ0n) is 18.9. The van der Waals surface area contributed by atoms with E-state index in [9.17, 15) is 18.0 Å². The van der Waals surface area contributed by atoms with Crippen molar-refractivity contribution in [3.05, 3.63) is 60.3 Å². The number of esters is 1. The van der Waals surface area contributed by atoms with Gasteiger partial charge in [-0.1, -0.05) is 17.7 Å². The van der Waals surface area contributed by atoms with Crippen LogP contribution in [-0.4, -0.2) is 56.2 Å². The van der Waals surface area contributed by atoms with Crippen LogP contribution in [0.2, 0.25) is 0 Å². The van der Waals surface area contributed by atoms with E-state index in [1.807, 2.05) is 6.92 Å². The van der Waals surface area contributed by atoms with Crippen LogP contribution in [0.4, 0.5) is 0 Å². The van der Waals surface area contributed by atoms with Crippen molar-refractivity contribution in [1.29, 1.82) is 0 Å².